The van der Waals surface area contributed by atoms with Crippen LogP contribution in [0.3, 0.4) is 0 Å². The average Bonchev–Trinajstić information content (AvgIpc) is 3.30. The zero-order valence-electron chi connectivity index (χ0n) is 11.8. The highest BCUT2D eigenvalue weighted by atomic mass is 32.2. The number of hydrogen-bond donors (Lipinski definition) is 1. The third-order valence-corrected chi connectivity index (χ3v) is 5.82. The second-order valence-corrected chi connectivity index (χ2v) is 7.13. The van der Waals surface area contributed by atoms with Crippen LogP contribution in [0.15, 0.2) is 30.3 Å². The van der Waals surface area contributed by atoms with Gasteiger partial charge in [-0.1, -0.05) is 43.2 Å². The quantitative estimate of drug-likeness (QED) is 0.854. The van der Waals surface area contributed by atoms with Gasteiger partial charge in [-0.3, -0.25) is 0 Å². The molecule has 3 unspecified atom stereocenters. The smallest absolute Gasteiger partial charge is 0.0351 e. The van der Waals surface area contributed by atoms with Gasteiger partial charge in [0.25, 0.3) is 0 Å². The summed E-state index contributed by atoms with van der Waals surface area (Å²) in [5.74, 6) is 0.881. The molecule has 3 atom stereocenters. The molecular weight excluding hydrogens is 250 g/mol. The van der Waals surface area contributed by atoms with E-state index in [1.54, 1.807) is 0 Å². The van der Waals surface area contributed by atoms with E-state index >= 15 is 0 Å². The molecule has 1 N–H and O–H groups in total. The van der Waals surface area contributed by atoms with Gasteiger partial charge in [-0.15, -0.1) is 0 Å². The molecule has 0 bridgehead atoms. The summed E-state index contributed by atoms with van der Waals surface area (Å²) in [6, 6.07) is 12.4. The number of hydrogen-bond acceptors (Lipinski definition) is 2. The Morgan fingerprint density at radius 3 is 2.47 bits per heavy atom. The Balaban J connectivity index is 1.71. The van der Waals surface area contributed by atoms with Crippen molar-refractivity contribution in [3.8, 4) is 0 Å². The van der Waals surface area contributed by atoms with Gasteiger partial charge in [0.05, 0.1) is 0 Å². The summed E-state index contributed by atoms with van der Waals surface area (Å²) < 4.78 is 0. The maximum Gasteiger partial charge on any atom is 0.0351 e. The standard InChI is InChI=1S/C17H25NS/c1-19-16-10-6-5-9-15(16)18-17(14-11-12-14)13-7-3-2-4-8-13/h2-4,7-8,14-18H,5-6,9-12H2,1H3. The molecule has 0 amide bonds. The third-order valence-electron chi connectivity index (χ3n) is 4.65. The van der Waals surface area contributed by atoms with Crippen LogP contribution < -0.4 is 5.32 Å². The van der Waals surface area contributed by atoms with E-state index in [-0.39, 0.29) is 0 Å². The van der Waals surface area contributed by atoms with E-state index in [1.165, 1.54) is 44.1 Å². The van der Waals surface area contributed by atoms with E-state index in [9.17, 15) is 0 Å². The zero-order chi connectivity index (χ0) is 13.1. The minimum atomic E-state index is 0.596. The van der Waals surface area contributed by atoms with E-state index in [0.717, 1.165) is 17.2 Å². The van der Waals surface area contributed by atoms with E-state index < -0.39 is 0 Å². The molecule has 2 fully saturated rings. The monoisotopic (exact) mass is 275 g/mol. The van der Waals surface area contributed by atoms with Crippen molar-refractivity contribution in [3.05, 3.63) is 35.9 Å². The molecule has 0 radical (unpaired) electrons. The molecule has 0 aromatic heterocycles. The van der Waals surface area contributed by atoms with Crippen LogP contribution >= 0.6 is 11.8 Å². The van der Waals surface area contributed by atoms with Gasteiger partial charge in [-0.2, -0.15) is 11.8 Å². The molecule has 2 saturated carbocycles. The number of nitrogens with one attached hydrogen (secondary N) is 1. The number of benzene rings is 1. The van der Waals surface area contributed by atoms with E-state index in [1.807, 2.05) is 0 Å². The third kappa shape index (κ3) is 3.35. The molecule has 2 aliphatic rings. The summed E-state index contributed by atoms with van der Waals surface area (Å²) in [5.41, 5.74) is 1.50. The largest absolute Gasteiger partial charge is 0.306 e. The lowest BCUT2D eigenvalue weighted by Crippen LogP contribution is -2.43. The van der Waals surface area contributed by atoms with Gasteiger partial charge in [0.1, 0.15) is 0 Å². The molecule has 104 valence electrons. The first kappa shape index (κ1) is 13.5. The Morgan fingerprint density at radius 1 is 1.05 bits per heavy atom. The van der Waals surface area contributed by atoms with Gasteiger partial charge in [-0.25, -0.2) is 0 Å². The van der Waals surface area contributed by atoms with Gasteiger partial charge < -0.3 is 5.32 Å². The molecular formula is C17H25NS. The van der Waals surface area contributed by atoms with Gasteiger partial charge in [0.15, 0.2) is 0 Å². The fourth-order valence-corrected chi connectivity index (χ4v) is 4.34. The van der Waals surface area contributed by atoms with Gasteiger partial charge in [-0.05, 0) is 43.4 Å². The Hall–Kier alpha value is -0.470. The summed E-state index contributed by atoms with van der Waals surface area (Å²) in [6.07, 6.45) is 10.7. The first-order chi connectivity index (χ1) is 9.38. The Labute approximate surface area is 121 Å². The number of rotatable bonds is 5. The van der Waals surface area contributed by atoms with Crippen molar-refractivity contribution in [2.45, 2.75) is 55.9 Å². The Bertz CT molecular complexity index is 388. The first-order valence-electron chi connectivity index (χ1n) is 7.72. The minimum Gasteiger partial charge on any atom is -0.306 e. The second-order valence-electron chi connectivity index (χ2n) is 6.06. The Morgan fingerprint density at radius 2 is 1.79 bits per heavy atom. The van der Waals surface area contributed by atoms with Crippen LogP contribution in [0.5, 0.6) is 0 Å². The van der Waals surface area contributed by atoms with Crippen molar-refractivity contribution >= 4 is 11.8 Å². The maximum atomic E-state index is 4.01. The summed E-state index contributed by atoms with van der Waals surface area (Å²) in [7, 11) is 0. The van der Waals surface area contributed by atoms with E-state index in [0.29, 0.717) is 6.04 Å². The van der Waals surface area contributed by atoms with Crippen LogP contribution in [0.25, 0.3) is 0 Å². The highest BCUT2D eigenvalue weighted by Gasteiger charge is 2.35. The summed E-state index contributed by atoms with van der Waals surface area (Å²) in [5, 5.41) is 4.83. The highest BCUT2D eigenvalue weighted by molar-refractivity contribution is 7.99. The molecule has 1 aromatic carbocycles. The van der Waals surface area contributed by atoms with Crippen LogP contribution in [0.1, 0.15) is 50.1 Å². The highest BCUT2D eigenvalue weighted by Crippen LogP contribution is 2.42. The predicted octanol–water partition coefficient (Wildman–Crippen LogP) is 4.40. The van der Waals surface area contributed by atoms with Gasteiger partial charge >= 0.3 is 0 Å². The number of thioether (sulfide) groups is 1. The topological polar surface area (TPSA) is 12.0 Å². The zero-order valence-corrected chi connectivity index (χ0v) is 12.7. The van der Waals surface area contributed by atoms with Gasteiger partial charge in [0, 0.05) is 17.3 Å². The van der Waals surface area contributed by atoms with Crippen molar-refractivity contribution < 1.29 is 0 Å². The lowest BCUT2D eigenvalue weighted by molar-refractivity contribution is 0.331. The fraction of sp³-hybridized carbons (Fsp3) is 0.647. The maximum absolute atomic E-state index is 4.01. The molecule has 0 saturated heterocycles. The van der Waals surface area contributed by atoms with E-state index in [4.69, 9.17) is 0 Å². The summed E-state index contributed by atoms with van der Waals surface area (Å²) >= 11 is 2.06. The molecule has 0 spiro atoms. The van der Waals surface area contributed by atoms with Crippen LogP contribution in [-0.4, -0.2) is 17.5 Å². The molecule has 2 aliphatic carbocycles. The molecule has 2 heteroatoms. The minimum absolute atomic E-state index is 0.596. The van der Waals surface area contributed by atoms with Crippen LogP contribution in [-0.2, 0) is 0 Å². The molecule has 3 rings (SSSR count). The van der Waals surface area contributed by atoms with Crippen LogP contribution in [0.4, 0.5) is 0 Å². The van der Waals surface area contributed by atoms with Gasteiger partial charge in [0.2, 0.25) is 0 Å². The molecule has 0 heterocycles. The first-order valence-corrected chi connectivity index (χ1v) is 9.01. The predicted molar refractivity (Wildman–Crippen MR) is 84.6 cm³/mol. The van der Waals surface area contributed by atoms with Crippen molar-refractivity contribution in [1.82, 2.24) is 5.32 Å². The van der Waals surface area contributed by atoms with E-state index in [2.05, 4.69) is 53.7 Å². The molecule has 1 aromatic rings. The summed E-state index contributed by atoms with van der Waals surface area (Å²) in [4.78, 5) is 0. The summed E-state index contributed by atoms with van der Waals surface area (Å²) in [6.45, 7) is 0. The Kier molecular flexibility index (Phi) is 4.49. The average molecular weight is 275 g/mol. The van der Waals surface area contributed by atoms with Crippen molar-refractivity contribution in [3.63, 3.8) is 0 Å². The lowest BCUT2D eigenvalue weighted by atomic mass is 9.92. The van der Waals surface area contributed by atoms with Crippen LogP contribution in [0.2, 0.25) is 0 Å². The molecule has 0 aliphatic heterocycles. The normalized spacial score (nSPS) is 29.1. The SMILES string of the molecule is CSC1CCCCC1NC(c1ccccc1)C1CC1. The van der Waals surface area contributed by atoms with Crippen molar-refractivity contribution in [2.75, 3.05) is 6.26 Å². The fourth-order valence-electron chi connectivity index (χ4n) is 3.39. The van der Waals surface area contributed by atoms with Crippen LogP contribution in [0, 0.1) is 5.92 Å². The van der Waals surface area contributed by atoms with Crippen molar-refractivity contribution in [2.24, 2.45) is 5.92 Å². The lowest BCUT2D eigenvalue weighted by Gasteiger charge is -2.34. The second kappa shape index (κ2) is 6.32. The molecule has 1 nitrogen and oxygen atoms in total. The molecule has 19 heavy (non-hydrogen) atoms. The van der Waals surface area contributed by atoms with Crippen molar-refractivity contribution in [1.29, 1.82) is 0 Å².